The van der Waals surface area contributed by atoms with Gasteiger partial charge in [0.15, 0.2) is 6.10 Å². The van der Waals surface area contributed by atoms with Gasteiger partial charge >= 0.3 is 0 Å². The van der Waals surface area contributed by atoms with E-state index in [4.69, 9.17) is 9.84 Å². The van der Waals surface area contributed by atoms with E-state index in [1.54, 1.807) is 6.92 Å². The Morgan fingerprint density at radius 2 is 2.09 bits per heavy atom. The predicted molar refractivity (Wildman–Crippen MR) is 91.6 cm³/mol. The van der Waals surface area contributed by atoms with Crippen LogP contribution in [0.3, 0.4) is 0 Å². The zero-order chi connectivity index (χ0) is 17.0. The lowest BCUT2D eigenvalue weighted by atomic mass is 10.0. The number of aryl methyl sites for hydroxylation is 1. The number of aliphatic hydroxyl groups is 1. The minimum atomic E-state index is -0.558. The molecule has 2 rings (SSSR count). The molecule has 1 aliphatic carbocycles. The third-order valence-electron chi connectivity index (χ3n) is 4.29. The van der Waals surface area contributed by atoms with E-state index in [1.165, 1.54) is 5.56 Å². The van der Waals surface area contributed by atoms with Crippen LogP contribution in [0, 0.1) is 12.8 Å². The number of carbonyl (C=O) groups is 1. The monoisotopic (exact) mass is 317 g/mol. The normalized spacial score (nSPS) is 21.5. The van der Waals surface area contributed by atoms with Crippen molar-refractivity contribution in [1.82, 2.24) is 5.32 Å². The number of rotatable bonds is 6. The second-order valence-electron chi connectivity index (χ2n) is 6.62. The maximum atomic E-state index is 12.3. The Morgan fingerprint density at radius 3 is 2.70 bits per heavy atom. The lowest BCUT2D eigenvalue weighted by molar-refractivity contribution is -0.127. The van der Waals surface area contributed by atoms with Crippen molar-refractivity contribution in [2.45, 2.75) is 52.2 Å². The standard InChI is InChI=1S/C19H27NO3/c1-12(2)16-7-5-13(3)18(10-16)23-14(4)19(22)20-17-8-6-15(9-17)11-21/h5-8,10,12,14-15,17,21H,9,11H2,1-4H3,(H,20,22)/t14?,15-,17+/m0/s1. The number of aliphatic hydroxyl groups excluding tert-OH is 1. The molecule has 0 aliphatic heterocycles. The molecule has 0 saturated heterocycles. The molecule has 3 atom stereocenters. The highest BCUT2D eigenvalue weighted by Crippen LogP contribution is 2.25. The summed E-state index contributed by atoms with van der Waals surface area (Å²) in [6.07, 6.45) is 4.08. The Labute approximate surface area is 138 Å². The van der Waals surface area contributed by atoms with Gasteiger partial charge in [0.2, 0.25) is 0 Å². The van der Waals surface area contributed by atoms with E-state index in [1.807, 2.05) is 31.2 Å². The molecule has 4 heteroatoms. The summed E-state index contributed by atoms with van der Waals surface area (Å²) in [7, 11) is 0. The van der Waals surface area contributed by atoms with Crippen LogP contribution in [0.4, 0.5) is 0 Å². The molecule has 1 amide bonds. The molecule has 0 heterocycles. The van der Waals surface area contributed by atoms with Crippen LogP contribution in [0.1, 0.15) is 44.2 Å². The van der Waals surface area contributed by atoms with Gasteiger partial charge in [-0.2, -0.15) is 0 Å². The summed E-state index contributed by atoms with van der Waals surface area (Å²) < 4.78 is 5.88. The smallest absolute Gasteiger partial charge is 0.261 e. The SMILES string of the molecule is Cc1ccc(C(C)C)cc1OC(C)C(=O)N[C@@H]1C=C[C@H](CO)C1. The molecule has 0 spiro atoms. The molecule has 1 unspecified atom stereocenters. The van der Waals surface area contributed by atoms with Crippen molar-refractivity contribution >= 4 is 5.91 Å². The minimum absolute atomic E-state index is 0.0196. The third kappa shape index (κ3) is 4.58. The van der Waals surface area contributed by atoms with Gasteiger partial charge in [-0.3, -0.25) is 4.79 Å². The molecule has 2 N–H and O–H groups in total. The summed E-state index contributed by atoms with van der Waals surface area (Å²) in [5.41, 5.74) is 2.22. The average molecular weight is 317 g/mol. The summed E-state index contributed by atoms with van der Waals surface area (Å²) in [6, 6.07) is 6.12. The van der Waals surface area contributed by atoms with Gasteiger partial charge < -0.3 is 15.2 Å². The van der Waals surface area contributed by atoms with Crippen molar-refractivity contribution in [1.29, 1.82) is 0 Å². The third-order valence-corrected chi connectivity index (χ3v) is 4.29. The van der Waals surface area contributed by atoms with Crippen molar-refractivity contribution in [2.75, 3.05) is 6.61 Å². The second kappa shape index (κ2) is 7.64. The van der Waals surface area contributed by atoms with Crippen LogP contribution >= 0.6 is 0 Å². The molecule has 23 heavy (non-hydrogen) atoms. The van der Waals surface area contributed by atoms with Crippen LogP contribution in [-0.4, -0.2) is 29.8 Å². The number of benzene rings is 1. The van der Waals surface area contributed by atoms with E-state index >= 15 is 0 Å². The van der Waals surface area contributed by atoms with Crippen molar-refractivity contribution in [3.63, 3.8) is 0 Å². The van der Waals surface area contributed by atoms with Crippen molar-refractivity contribution in [3.05, 3.63) is 41.5 Å². The highest BCUT2D eigenvalue weighted by molar-refractivity contribution is 5.81. The van der Waals surface area contributed by atoms with Gasteiger partial charge in [-0.25, -0.2) is 0 Å². The van der Waals surface area contributed by atoms with Crippen molar-refractivity contribution in [3.8, 4) is 5.75 Å². The summed E-state index contributed by atoms with van der Waals surface area (Å²) >= 11 is 0. The van der Waals surface area contributed by atoms with Gasteiger partial charge in [-0.1, -0.05) is 38.1 Å². The quantitative estimate of drug-likeness (QED) is 0.793. The number of hydrogen-bond acceptors (Lipinski definition) is 3. The van der Waals surface area contributed by atoms with Crippen LogP contribution in [-0.2, 0) is 4.79 Å². The molecule has 126 valence electrons. The van der Waals surface area contributed by atoms with Crippen LogP contribution in [0.25, 0.3) is 0 Å². The van der Waals surface area contributed by atoms with E-state index in [-0.39, 0.29) is 24.5 Å². The van der Waals surface area contributed by atoms with Crippen molar-refractivity contribution in [2.24, 2.45) is 5.92 Å². The summed E-state index contributed by atoms with van der Waals surface area (Å²) in [5, 5.41) is 12.1. The molecular formula is C19H27NO3. The summed E-state index contributed by atoms with van der Waals surface area (Å²) in [5.74, 6) is 1.18. The fraction of sp³-hybridized carbons (Fsp3) is 0.526. The van der Waals surface area contributed by atoms with E-state index in [9.17, 15) is 4.79 Å². The lowest BCUT2D eigenvalue weighted by Gasteiger charge is -2.20. The predicted octanol–water partition coefficient (Wildman–Crippen LogP) is 2.94. The lowest BCUT2D eigenvalue weighted by Crippen LogP contribution is -2.41. The van der Waals surface area contributed by atoms with E-state index < -0.39 is 6.10 Å². The van der Waals surface area contributed by atoms with E-state index in [0.717, 1.165) is 17.7 Å². The van der Waals surface area contributed by atoms with Crippen LogP contribution < -0.4 is 10.1 Å². The molecule has 1 aromatic carbocycles. The largest absolute Gasteiger partial charge is 0.481 e. The molecule has 1 aromatic rings. The Hall–Kier alpha value is -1.81. The van der Waals surface area contributed by atoms with Crippen LogP contribution in [0.15, 0.2) is 30.4 Å². The Balaban J connectivity index is 1.96. The van der Waals surface area contributed by atoms with Gasteiger partial charge in [-0.15, -0.1) is 0 Å². The first kappa shape index (κ1) is 17.5. The Bertz CT molecular complexity index is 580. The number of carbonyl (C=O) groups excluding carboxylic acids is 1. The number of nitrogens with one attached hydrogen (secondary N) is 1. The van der Waals surface area contributed by atoms with Gasteiger partial charge in [0, 0.05) is 18.6 Å². The number of ether oxygens (including phenoxy) is 1. The first-order chi connectivity index (χ1) is 10.9. The molecular weight excluding hydrogens is 290 g/mol. The zero-order valence-electron chi connectivity index (χ0n) is 14.4. The summed E-state index contributed by atoms with van der Waals surface area (Å²) in [4.78, 5) is 12.3. The van der Waals surface area contributed by atoms with Gasteiger partial charge in [0.1, 0.15) is 5.75 Å². The fourth-order valence-corrected chi connectivity index (χ4v) is 2.66. The first-order valence-corrected chi connectivity index (χ1v) is 8.27. The van der Waals surface area contributed by atoms with E-state index in [2.05, 4.69) is 25.2 Å². The maximum Gasteiger partial charge on any atom is 0.261 e. The summed E-state index contributed by atoms with van der Waals surface area (Å²) in [6.45, 7) is 8.13. The first-order valence-electron chi connectivity index (χ1n) is 8.27. The van der Waals surface area contributed by atoms with Crippen LogP contribution in [0.2, 0.25) is 0 Å². The molecule has 0 fully saturated rings. The topological polar surface area (TPSA) is 58.6 Å². The molecule has 0 aromatic heterocycles. The number of hydrogen-bond donors (Lipinski definition) is 2. The zero-order valence-corrected chi connectivity index (χ0v) is 14.4. The molecule has 4 nitrogen and oxygen atoms in total. The van der Waals surface area contributed by atoms with Gasteiger partial charge in [-0.05, 0) is 43.4 Å². The Morgan fingerprint density at radius 1 is 1.35 bits per heavy atom. The van der Waals surface area contributed by atoms with Gasteiger partial charge in [0.05, 0.1) is 0 Å². The average Bonchev–Trinajstić information content (AvgIpc) is 2.96. The van der Waals surface area contributed by atoms with Crippen molar-refractivity contribution < 1.29 is 14.6 Å². The Kier molecular flexibility index (Phi) is 5.83. The molecule has 0 radical (unpaired) electrons. The van der Waals surface area contributed by atoms with Gasteiger partial charge in [0.25, 0.3) is 5.91 Å². The molecule has 0 saturated carbocycles. The maximum absolute atomic E-state index is 12.3. The highest BCUT2D eigenvalue weighted by Gasteiger charge is 2.23. The minimum Gasteiger partial charge on any atom is -0.481 e. The molecule has 1 aliphatic rings. The second-order valence-corrected chi connectivity index (χ2v) is 6.62. The fourth-order valence-electron chi connectivity index (χ4n) is 2.66. The highest BCUT2D eigenvalue weighted by atomic mass is 16.5. The molecule has 0 bridgehead atoms. The van der Waals surface area contributed by atoms with E-state index in [0.29, 0.717) is 5.92 Å². The number of amides is 1. The van der Waals surface area contributed by atoms with Crippen LogP contribution in [0.5, 0.6) is 5.75 Å².